The van der Waals surface area contributed by atoms with Crippen LogP contribution in [0, 0.1) is 5.92 Å². The van der Waals surface area contributed by atoms with Crippen molar-refractivity contribution >= 4 is 17.6 Å². The van der Waals surface area contributed by atoms with Gasteiger partial charge in [0.2, 0.25) is 5.95 Å². The molecular formula is C19H20F6N6. The van der Waals surface area contributed by atoms with Gasteiger partial charge in [0.15, 0.2) is 0 Å². The third kappa shape index (κ3) is 5.00. The van der Waals surface area contributed by atoms with Gasteiger partial charge in [-0.2, -0.15) is 31.3 Å². The molecule has 2 fully saturated rings. The van der Waals surface area contributed by atoms with Gasteiger partial charge in [-0.05, 0) is 31.5 Å². The Hall–Kier alpha value is -2.63. The van der Waals surface area contributed by atoms with Gasteiger partial charge in [0.25, 0.3) is 0 Å². The Kier molecular flexibility index (Phi) is 5.67. The molecule has 0 bridgehead atoms. The number of pyridine rings is 1. The Labute approximate surface area is 174 Å². The zero-order valence-electron chi connectivity index (χ0n) is 16.3. The van der Waals surface area contributed by atoms with Crippen molar-refractivity contribution < 1.29 is 26.3 Å². The molecule has 12 heteroatoms. The molecule has 0 aliphatic carbocycles. The Balaban J connectivity index is 1.63. The van der Waals surface area contributed by atoms with Crippen molar-refractivity contribution in [3.63, 3.8) is 0 Å². The summed E-state index contributed by atoms with van der Waals surface area (Å²) < 4.78 is 78.2. The van der Waals surface area contributed by atoms with Gasteiger partial charge in [-0.15, -0.1) is 0 Å². The zero-order valence-corrected chi connectivity index (χ0v) is 16.3. The number of nitrogens with zero attached hydrogens (tertiary/aromatic N) is 4. The first-order chi connectivity index (χ1) is 14.6. The maximum atomic E-state index is 13.1. The number of rotatable bonds is 4. The molecule has 0 amide bonds. The fraction of sp³-hybridized carbons (Fsp3) is 0.526. The summed E-state index contributed by atoms with van der Waals surface area (Å²) in [5.74, 6) is -1.17. The molecule has 4 rings (SSSR count). The van der Waals surface area contributed by atoms with Crippen LogP contribution in [0.3, 0.4) is 0 Å². The first-order valence-electron chi connectivity index (χ1n) is 9.81. The summed E-state index contributed by atoms with van der Waals surface area (Å²) in [5.41, 5.74) is -0.244. The van der Waals surface area contributed by atoms with Crippen molar-refractivity contribution in [2.45, 2.75) is 31.1 Å². The number of anilines is 3. The summed E-state index contributed by atoms with van der Waals surface area (Å²) in [4.78, 5) is 14.1. The van der Waals surface area contributed by atoms with Crippen molar-refractivity contribution in [2.24, 2.45) is 5.92 Å². The highest BCUT2D eigenvalue weighted by Crippen LogP contribution is 2.36. The normalized spacial score (nSPS) is 22.2. The predicted octanol–water partition coefficient (Wildman–Crippen LogP) is 4.10. The number of hydrogen-bond acceptors (Lipinski definition) is 6. The quantitative estimate of drug-likeness (QED) is 0.690. The van der Waals surface area contributed by atoms with Crippen molar-refractivity contribution in [1.82, 2.24) is 20.3 Å². The van der Waals surface area contributed by atoms with E-state index in [1.54, 1.807) is 6.07 Å². The topological polar surface area (TPSA) is 66.0 Å². The number of aromatic nitrogens is 3. The highest BCUT2D eigenvalue weighted by Gasteiger charge is 2.44. The minimum Gasteiger partial charge on any atom is -0.340 e. The minimum atomic E-state index is -4.53. The number of hydrogen-bond donors (Lipinski definition) is 2. The zero-order chi connectivity index (χ0) is 22.2. The molecule has 2 N–H and O–H groups in total. The van der Waals surface area contributed by atoms with E-state index in [4.69, 9.17) is 0 Å². The molecular weight excluding hydrogens is 426 g/mol. The van der Waals surface area contributed by atoms with E-state index >= 15 is 0 Å². The lowest BCUT2D eigenvalue weighted by atomic mass is 10.0. The second kappa shape index (κ2) is 8.13. The van der Waals surface area contributed by atoms with Crippen molar-refractivity contribution in [1.29, 1.82) is 0 Å². The smallest absolute Gasteiger partial charge is 0.340 e. The molecule has 2 unspecified atom stereocenters. The lowest BCUT2D eigenvalue weighted by Gasteiger charge is -2.20. The van der Waals surface area contributed by atoms with Crippen LogP contribution in [0.15, 0.2) is 24.4 Å². The maximum Gasteiger partial charge on any atom is 0.416 e. The van der Waals surface area contributed by atoms with E-state index in [1.807, 2.05) is 0 Å². The molecule has 168 valence electrons. The minimum absolute atomic E-state index is 0.0396. The molecule has 2 aromatic heterocycles. The fourth-order valence-corrected chi connectivity index (χ4v) is 3.79. The van der Waals surface area contributed by atoms with E-state index in [1.165, 1.54) is 4.90 Å². The molecule has 0 aromatic carbocycles. The highest BCUT2D eigenvalue weighted by atomic mass is 19.4. The number of nitrogens with one attached hydrogen (secondary N) is 2. The fourth-order valence-electron chi connectivity index (χ4n) is 3.79. The maximum absolute atomic E-state index is 13.1. The molecule has 0 spiro atoms. The van der Waals surface area contributed by atoms with E-state index in [2.05, 4.69) is 25.6 Å². The molecule has 6 nitrogen and oxygen atoms in total. The largest absolute Gasteiger partial charge is 0.416 e. The molecule has 2 aromatic rings. The summed E-state index contributed by atoms with van der Waals surface area (Å²) in [6.07, 6.45) is -7.06. The molecule has 2 atom stereocenters. The third-order valence-corrected chi connectivity index (χ3v) is 5.49. The summed E-state index contributed by atoms with van der Waals surface area (Å²) >= 11 is 0. The van der Waals surface area contributed by atoms with Gasteiger partial charge in [0.05, 0.1) is 17.2 Å². The van der Waals surface area contributed by atoms with Gasteiger partial charge in [0, 0.05) is 37.8 Å². The van der Waals surface area contributed by atoms with Crippen LogP contribution in [0.25, 0.3) is 0 Å². The van der Waals surface area contributed by atoms with Crippen molar-refractivity contribution in [3.05, 3.63) is 35.7 Å². The lowest BCUT2D eigenvalue weighted by molar-refractivity contribution is -0.168. The molecule has 0 radical (unpaired) electrons. The lowest BCUT2D eigenvalue weighted by Crippen LogP contribution is -2.28. The summed E-state index contributed by atoms with van der Waals surface area (Å²) in [7, 11) is 0. The third-order valence-electron chi connectivity index (χ3n) is 5.49. The molecule has 0 saturated carbocycles. The Morgan fingerprint density at radius 1 is 1.03 bits per heavy atom. The van der Waals surface area contributed by atoms with Gasteiger partial charge < -0.3 is 15.5 Å². The summed E-state index contributed by atoms with van der Waals surface area (Å²) in [5, 5.41) is 5.95. The molecule has 4 heterocycles. The Morgan fingerprint density at radius 2 is 1.84 bits per heavy atom. The van der Waals surface area contributed by atoms with Gasteiger partial charge >= 0.3 is 12.4 Å². The van der Waals surface area contributed by atoms with Gasteiger partial charge in [-0.3, -0.25) is 0 Å². The van der Waals surface area contributed by atoms with Crippen LogP contribution < -0.4 is 15.5 Å². The van der Waals surface area contributed by atoms with Crippen molar-refractivity contribution in [2.75, 3.05) is 36.4 Å². The molecule has 2 aliphatic rings. The Morgan fingerprint density at radius 3 is 2.48 bits per heavy atom. The first kappa shape index (κ1) is 21.6. The molecule has 31 heavy (non-hydrogen) atoms. The van der Waals surface area contributed by atoms with Crippen LogP contribution in [0.4, 0.5) is 43.9 Å². The van der Waals surface area contributed by atoms with Crippen LogP contribution in [0.2, 0.25) is 0 Å². The van der Waals surface area contributed by atoms with Crippen LogP contribution >= 0.6 is 0 Å². The first-order valence-corrected chi connectivity index (χ1v) is 9.81. The van der Waals surface area contributed by atoms with E-state index in [0.717, 1.165) is 31.3 Å². The SMILES string of the molecule is FC(F)(F)c1ccnc(Nc2cc(C3CCNC3)nc(N3CCC(C(F)(F)F)C3)n2)c1. The summed E-state index contributed by atoms with van der Waals surface area (Å²) in [6, 6.07) is 3.32. The molecule has 2 saturated heterocycles. The summed E-state index contributed by atoms with van der Waals surface area (Å²) in [6.45, 7) is 1.33. The monoisotopic (exact) mass is 446 g/mol. The van der Waals surface area contributed by atoms with E-state index in [-0.39, 0.29) is 43.0 Å². The van der Waals surface area contributed by atoms with Gasteiger partial charge in [0.1, 0.15) is 11.6 Å². The Bertz CT molecular complexity index is 925. The molecule has 2 aliphatic heterocycles. The van der Waals surface area contributed by atoms with Gasteiger partial charge in [-0.25, -0.2) is 9.97 Å². The standard InChI is InChI=1S/C19H20F6N6/c20-18(21,22)12-2-5-27-15(7-12)29-16-8-14(11-1-4-26-9-11)28-17(30-16)31-6-3-13(10-31)19(23,24)25/h2,5,7-8,11,13,26H,1,3-4,6,9-10H2,(H,27,28,29,30). The van der Waals surface area contributed by atoms with Crippen LogP contribution in [0.5, 0.6) is 0 Å². The average molecular weight is 446 g/mol. The van der Waals surface area contributed by atoms with Crippen molar-refractivity contribution in [3.8, 4) is 0 Å². The van der Waals surface area contributed by atoms with E-state index in [0.29, 0.717) is 12.2 Å². The second-order valence-corrected chi connectivity index (χ2v) is 7.69. The second-order valence-electron chi connectivity index (χ2n) is 7.69. The van der Waals surface area contributed by atoms with Crippen LogP contribution in [-0.2, 0) is 6.18 Å². The van der Waals surface area contributed by atoms with E-state index in [9.17, 15) is 26.3 Å². The average Bonchev–Trinajstić information content (AvgIpc) is 3.39. The number of alkyl halides is 6. The van der Waals surface area contributed by atoms with Crippen LogP contribution in [0.1, 0.15) is 30.0 Å². The van der Waals surface area contributed by atoms with Gasteiger partial charge in [-0.1, -0.05) is 0 Å². The predicted molar refractivity (Wildman–Crippen MR) is 101 cm³/mol. The van der Waals surface area contributed by atoms with E-state index < -0.39 is 23.8 Å². The highest BCUT2D eigenvalue weighted by molar-refractivity contribution is 5.55. The number of halogens is 6. The van der Waals surface area contributed by atoms with Crippen LogP contribution in [-0.4, -0.2) is 47.3 Å².